The average Bonchev–Trinajstić information content (AvgIpc) is 2.86. The molecule has 0 aliphatic carbocycles. The normalized spacial score (nSPS) is 11.5. The van der Waals surface area contributed by atoms with Crippen molar-refractivity contribution in [3.63, 3.8) is 0 Å². The standard InChI is InChI=1S/C30H22N2O2/c1-19-9-7-11-21(17-19)27-25-15-5-6-16-26(25)31-29(33)23-13-3-4-14-24(23)30(34)32(31)28(27)22-12-8-10-20(2)18-22/h3-18H,1-2H3. The molecule has 0 aliphatic heterocycles. The van der Waals surface area contributed by atoms with E-state index in [1.165, 1.54) is 4.52 Å². The van der Waals surface area contributed by atoms with E-state index in [2.05, 4.69) is 31.2 Å². The monoisotopic (exact) mass is 442 g/mol. The van der Waals surface area contributed by atoms with E-state index >= 15 is 0 Å². The zero-order valence-electron chi connectivity index (χ0n) is 18.9. The first-order valence-electron chi connectivity index (χ1n) is 11.3. The molecule has 0 spiro atoms. The van der Waals surface area contributed by atoms with Crippen LogP contribution in [0.5, 0.6) is 0 Å². The van der Waals surface area contributed by atoms with Gasteiger partial charge in [0, 0.05) is 16.5 Å². The Morgan fingerprint density at radius 1 is 0.529 bits per heavy atom. The Morgan fingerprint density at radius 2 is 1.06 bits per heavy atom. The summed E-state index contributed by atoms with van der Waals surface area (Å²) in [5, 5.41) is 1.75. The third-order valence-corrected chi connectivity index (χ3v) is 6.42. The number of hydrogen-bond acceptors (Lipinski definition) is 2. The van der Waals surface area contributed by atoms with Crippen molar-refractivity contribution in [1.29, 1.82) is 0 Å². The predicted molar refractivity (Wildman–Crippen MR) is 139 cm³/mol. The van der Waals surface area contributed by atoms with Crippen molar-refractivity contribution in [1.82, 2.24) is 9.03 Å². The molecule has 0 bridgehead atoms. The minimum atomic E-state index is -0.216. The smallest absolute Gasteiger partial charge is 0.267 e. The third-order valence-electron chi connectivity index (χ3n) is 6.42. The van der Waals surface area contributed by atoms with Crippen LogP contribution in [-0.2, 0) is 0 Å². The Hall–Kier alpha value is -4.44. The van der Waals surface area contributed by atoms with Crippen molar-refractivity contribution in [2.24, 2.45) is 0 Å². The maximum Gasteiger partial charge on any atom is 0.278 e. The molecule has 0 aliphatic rings. The van der Waals surface area contributed by atoms with Gasteiger partial charge >= 0.3 is 0 Å². The maximum absolute atomic E-state index is 14.0. The van der Waals surface area contributed by atoms with Crippen molar-refractivity contribution in [2.75, 3.05) is 0 Å². The molecule has 0 unspecified atom stereocenters. The van der Waals surface area contributed by atoms with Gasteiger partial charge in [-0.15, -0.1) is 0 Å². The number of rotatable bonds is 2. The number of aromatic nitrogens is 2. The van der Waals surface area contributed by atoms with Gasteiger partial charge in [-0.1, -0.05) is 83.9 Å². The Morgan fingerprint density at radius 3 is 1.71 bits per heavy atom. The van der Waals surface area contributed by atoms with Crippen molar-refractivity contribution < 1.29 is 0 Å². The molecule has 4 heteroatoms. The van der Waals surface area contributed by atoms with Crippen LogP contribution in [0, 0.1) is 13.8 Å². The number of aryl methyl sites for hydroxylation is 2. The van der Waals surface area contributed by atoms with Crippen LogP contribution in [0.3, 0.4) is 0 Å². The SMILES string of the molecule is Cc1cccc(-c2c(-c3cccc(C)c3)n3c(=O)c4ccccc4c(=O)n3c3ccccc23)c1. The molecule has 6 aromatic rings. The maximum atomic E-state index is 14.0. The molecular formula is C30H22N2O2. The van der Waals surface area contributed by atoms with Crippen molar-refractivity contribution in [2.45, 2.75) is 13.8 Å². The molecule has 0 atom stereocenters. The zero-order chi connectivity index (χ0) is 23.4. The fourth-order valence-electron chi connectivity index (χ4n) is 4.94. The summed E-state index contributed by atoms with van der Waals surface area (Å²) in [6.07, 6.45) is 0. The lowest BCUT2D eigenvalue weighted by molar-refractivity contribution is 0.780. The van der Waals surface area contributed by atoms with Crippen molar-refractivity contribution >= 4 is 21.7 Å². The first kappa shape index (κ1) is 20.2. The van der Waals surface area contributed by atoms with Crippen LogP contribution >= 0.6 is 0 Å². The van der Waals surface area contributed by atoms with Crippen LogP contribution in [0.2, 0.25) is 0 Å². The molecule has 0 amide bonds. The van der Waals surface area contributed by atoms with Crippen LogP contribution in [0.15, 0.2) is 107 Å². The fourth-order valence-corrected chi connectivity index (χ4v) is 4.94. The van der Waals surface area contributed by atoms with Crippen molar-refractivity contribution in [3.05, 3.63) is 129 Å². The van der Waals surface area contributed by atoms with E-state index in [0.717, 1.165) is 33.2 Å². The second-order valence-corrected chi connectivity index (χ2v) is 8.76. The van der Waals surface area contributed by atoms with Gasteiger partial charge in [0.05, 0.1) is 22.0 Å². The summed E-state index contributed by atoms with van der Waals surface area (Å²) in [4.78, 5) is 27.8. The molecule has 0 saturated carbocycles. The van der Waals surface area contributed by atoms with E-state index in [1.54, 1.807) is 28.8 Å². The van der Waals surface area contributed by atoms with Gasteiger partial charge in [-0.05, 0) is 43.7 Å². The molecular weight excluding hydrogens is 420 g/mol. The summed E-state index contributed by atoms with van der Waals surface area (Å²) < 4.78 is 3.11. The summed E-state index contributed by atoms with van der Waals surface area (Å²) in [6, 6.07) is 31.2. The van der Waals surface area contributed by atoms with Crippen molar-refractivity contribution in [3.8, 4) is 22.4 Å². The van der Waals surface area contributed by atoms with Gasteiger partial charge < -0.3 is 0 Å². The Kier molecular flexibility index (Phi) is 4.49. The van der Waals surface area contributed by atoms with Crippen LogP contribution in [0.1, 0.15) is 11.1 Å². The number of nitrogens with zero attached hydrogens (tertiary/aromatic N) is 2. The second-order valence-electron chi connectivity index (χ2n) is 8.76. The van der Waals surface area contributed by atoms with Gasteiger partial charge in [0.1, 0.15) is 0 Å². The molecule has 2 aromatic heterocycles. The molecule has 0 N–H and O–H groups in total. The topological polar surface area (TPSA) is 43.0 Å². The first-order chi connectivity index (χ1) is 16.5. The highest BCUT2D eigenvalue weighted by atomic mass is 16.2. The predicted octanol–water partition coefficient (Wildman–Crippen LogP) is 6.02. The summed E-state index contributed by atoms with van der Waals surface area (Å²) in [7, 11) is 0. The van der Waals surface area contributed by atoms with Crippen LogP contribution in [-0.4, -0.2) is 9.03 Å². The Balaban J connectivity index is 2.00. The summed E-state index contributed by atoms with van der Waals surface area (Å²) in [6.45, 7) is 4.09. The lowest BCUT2D eigenvalue weighted by atomic mass is 9.94. The molecule has 34 heavy (non-hydrogen) atoms. The highest BCUT2D eigenvalue weighted by molar-refractivity contribution is 6.01. The third kappa shape index (κ3) is 2.92. The molecule has 0 radical (unpaired) electrons. The zero-order valence-corrected chi connectivity index (χ0v) is 18.9. The van der Waals surface area contributed by atoms with Crippen LogP contribution in [0.4, 0.5) is 0 Å². The fraction of sp³-hybridized carbons (Fsp3) is 0.0667. The van der Waals surface area contributed by atoms with Gasteiger partial charge in [0.25, 0.3) is 11.1 Å². The lowest BCUT2D eigenvalue weighted by Gasteiger charge is -2.20. The van der Waals surface area contributed by atoms with Gasteiger partial charge in [-0.3, -0.25) is 9.59 Å². The molecule has 4 aromatic carbocycles. The molecule has 0 fully saturated rings. The van der Waals surface area contributed by atoms with Gasteiger partial charge in [0.15, 0.2) is 0 Å². The van der Waals surface area contributed by atoms with E-state index in [1.807, 2.05) is 55.5 Å². The van der Waals surface area contributed by atoms with E-state index in [-0.39, 0.29) is 11.1 Å². The van der Waals surface area contributed by atoms with E-state index < -0.39 is 0 Å². The van der Waals surface area contributed by atoms with E-state index in [0.29, 0.717) is 22.0 Å². The van der Waals surface area contributed by atoms with Crippen LogP contribution in [0.25, 0.3) is 44.1 Å². The highest BCUT2D eigenvalue weighted by Gasteiger charge is 2.21. The Bertz CT molecular complexity index is 1880. The van der Waals surface area contributed by atoms with Crippen LogP contribution < -0.4 is 11.1 Å². The first-order valence-corrected chi connectivity index (χ1v) is 11.3. The molecule has 0 saturated heterocycles. The van der Waals surface area contributed by atoms with Gasteiger partial charge in [-0.2, -0.15) is 0 Å². The number of benzene rings is 4. The van der Waals surface area contributed by atoms with Gasteiger partial charge in [-0.25, -0.2) is 9.03 Å². The highest BCUT2D eigenvalue weighted by Crippen LogP contribution is 2.37. The average molecular weight is 443 g/mol. The minimum absolute atomic E-state index is 0.212. The van der Waals surface area contributed by atoms with E-state index in [4.69, 9.17) is 0 Å². The summed E-state index contributed by atoms with van der Waals surface area (Å²) in [5.74, 6) is 0. The molecule has 4 nitrogen and oxygen atoms in total. The molecule has 6 rings (SSSR count). The quantitative estimate of drug-likeness (QED) is 0.243. The summed E-state index contributed by atoms with van der Waals surface area (Å²) in [5.41, 5.74) is 6.00. The number of fused-ring (bicyclic) bond motifs is 4. The second kappa shape index (κ2) is 7.56. The molecule has 2 heterocycles. The lowest BCUT2D eigenvalue weighted by Crippen LogP contribution is -2.32. The number of hydrogen-bond donors (Lipinski definition) is 0. The largest absolute Gasteiger partial charge is 0.278 e. The molecule has 164 valence electrons. The van der Waals surface area contributed by atoms with Gasteiger partial charge in [0.2, 0.25) is 0 Å². The Labute approximate surface area is 196 Å². The minimum Gasteiger partial charge on any atom is -0.267 e. The summed E-state index contributed by atoms with van der Waals surface area (Å²) >= 11 is 0. The van der Waals surface area contributed by atoms with E-state index in [9.17, 15) is 9.59 Å². The number of para-hydroxylation sites is 1.